The Morgan fingerprint density at radius 1 is 1.39 bits per heavy atom. The van der Waals surface area contributed by atoms with Crippen LogP contribution < -0.4 is 4.90 Å². The number of benzene rings is 1. The molecule has 1 aromatic carbocycles. The standard InChI is InChI=1S/C17H22N4O2/c1-3-21-16(12-18-19-21)17(22)20-10-8-13(9-11-23-2)14-6-4-5-7-15(14)20/h4-7,12-13H,3,8-11H2,1-2H3. The third-order valence-electron chi connectivity index (χ3n) is 4.42. The van der Waals surface area contributed by atoms with Gasteiger partial charge in [0, 0.05) is 32.5 Å². The van der Waals surface area contributed by atoms with E-state index < -0.39 is 0 Å². The van der Waals surface area contributed by atoms with Crippen LogP contribution in [0.4, 0.5) is 5.69 Å². The summed E-state index contributed by atoms with van der Waals surface area (Å²) in [5, 5.41) is 7.83. The van der Waals surface area contributed by atoms with Crippen LogP contribution in [0.5, 0.6) is 0 Å². The van der Waals surface area contributed by atoms with Crippen LogP contribution in [0, 0.1) is 0 Å². The van der Waals surface area contributed by atoms with Gasteiger partial charge in [-0.2, -0.15) is 0 Å². The zero-order chi connectivity index (χ0) is 16.2. The molecule has 0 saturated carbocycles. The molecule has 3 rings (SSSR count). The number of para-hydroxylation sites is 1. The molecule has 2 heterocycles. The summed E-state index contributed by atoms with van der Waals surface area (Å²) in [5.41, 5.74) is 2.76. The van der Waals surface area contributed by atoms with Gasteiger partial charge in [-0.05, 0) is 37.3 Å². The first-order valence-corrected chi connectivity index (χ1v) is 8.04. The fourth-order valence-electron chi connectivity index (χ4n) is 3.21. The number of aryl methyl sites for hydroxylation is 1. The second-order valence-electron chi connectivity index (χ2n) is 5.72. The summed E-state index contributed by atoms with van der Waals surface area (Å²) in [6, 6.07) is 8.15. The monoisotopic (exact) mass is 314 g/mol. The van der Waals surface area contributed by atoms with Gasteiger partial charge in [-0.15, -0.1) is 5.10 Å². The van der Waals surface area contributed by atoms with Crippen LogP contribution in [0.2, 0.25) is 0 Å². The number of carbonyl (C=O) groups excluding carboxylic acids is 1. The Kier molecular flexibility index (Phi) is 4.71. The van der Waals surface area contributed by atoms with E-state index in [9.17, 15) is 4.79 Å². The molecular weight excluding hydrogens is 292 g/mol. The highest BCUT2D eigenvalue weighted by molar-refractivity contribution is 6.05. The summed E-state index contributed by atoms with van der Waals surface area (Å²) < 4.78 is 6.86. The van der Waals surface area contributed by atoms with Gasteiger partial charge in [-0.25, -0.2) is 4.68 Å². The molecule has 1 aliphatic heterocycles. The van der Waals surface area contributed by atoms with Crippen molar-refractivity contribution in [1.29, 1.82) is 0 Å². The molecule has 0 radical (unpaired) electrons. The first-order valence-electron chi connectivity index (χ1n) is 8.04. The smallest absolute Gasteiger partial charge is 0.278 e. The third kappa shape index (κ3) is 2.99. The fraction of sp³-hybridized carbons (Fsp3) is 0.471. The largest absolute Gasteiger partial charge is 0.385 e. The summed E-state index contributed by atoms with van der Waals surface area (Å²) in [6.07, 6.45) is 3.47. The topological polar surface area (TPSA) is 60.2 Å². The highest BCUT2D eigenvalue weighted by Crippen LogP contribution is 2.37. The fourth-order valence-corrected chi connectivity index (χ4v) is 3.21. The molecule has 6 heteroatoms. The first-order chi connectivity index (χ1) is 11.3. The number of aromatic nitrogens is 3. The Morgan fingerprint density at radius 3 is 3.00 bits per heavy atom. The Labute approximate surface area is 136 Å². The van der Waals surface area contributed by atoms with Crippen molar-refractivity contribution in [2.45, 2.75) is 32.2 Å². The first kappa shape index (κ1) is 15.7. The minimum atomic E-state index is -0.0329. The molecule has 23 heavy (non-hydrogen) atoms. The van der Waals surface area contributed by atoms with E-state index in [0.717, 1.165) is 25.1 Å². The van der Waals surface area contributed by atoms with Gasteiger partial charge in [0.05, 0.1) is 6.20 Å². The van der Waals surface area contributed by atoms with E-state index in [0.29, 0.717) is 24.7 Å². The Morgan fingerprint density at radius 2 is 2.22 bits per heavy atom. The molecule has 0 N–H and O–H groups in total. The number of amides is 1. The normalized spacial score (nSPS) is 17.1. The minimum absolute atomic E-state index is 0.0329. The molecule has 0 fully saturated rings. The highest BCUT2D eigenvalue weighted by atomic mass is 16.5. The van der Waals surface area contributed by atoms with Crippen LogP contribution >= 0.6 is 0 Å². The maximum Gasteiger partial charge on any atom is 0.278 e. The van der Waals surface area contributed by atoms with Crippen LogP contribution in [-0.2, 0) is 11.3 Å². The number of hydrogen-bond acceptors (Lipinski definition) is 4. The molecule has 6 nitrogen and oxygen atoms in total. The van der Waals surface area contributed by atoms with E-state index in [1.165, 1.54) is 5.56 Å². The SMILES string of the molecule is CCn1nncc1C(=O)N1CCC(CCOC)c2ccccc21. The quantitative estimate of drug-likeness (QED) is 0.850. The van der Waals surface area contributed by atoms with Gasteiger partial charge < -0.3 is 9.64 Å². The second kappa shape index (κ2) is 6.91. The number of carbonyl (C=O) groups is 1. The number of methoxy groups -OCH3 is 1. The summed E-state index contributed by atoms with van der Waals surface area (Å²) in [7, 11) is 1.73. The molecule has 1 aliphatic rings. The van der Waals surface area contributed by atoms with E-state index in [1.807, 2.05) is 30.0 Å². The number of fused-ring (bicyclic) bond motifs is 1. The van der Waals surface area contributed by atoms with Crippen molar-refractivity contribution in [2.75, 3.05) is 25.2 Å². The zero-order valence-electron chi connectivity index (χ0n) is 13.6. The number of anilines is 1. The number of ether oxygens (including phenoxy) is 1. The number of rotatable bonds is 5. The van der Waals surface area contributed by atoms with Gasteiger partial charge in [0.2, 0.25) is 0 Å². The van der Waals surface area contributed by atoms with Crippen molar-refractivity contribution in [3.63, 3.8) is 0 Å². The van der Waals surface area contributed by atoms with E-state index in [4.69, 9.17) is 4.74 Å². The summed E-state index contributed by atoms with van der Waals surface area (Å²) in [6.45, 7) is 4.03. The van der Waals surface area contributed by atoms with E-state index in [2.05, 4.69) is 16.4 Å². The van der Waals surface area contributed by atoms with Crippen molar-refractivity contribution in [1.82, 2.24) is 15.0 Å². The van der Waals surface area contributed by atoms with E-state index in [1.54, 1.807) is 18.0 Å². The molecule has 1 amide bonds. The average molecular weight is 314 g/mol. The molecule has 0 saturated heterocycles. The lowest BCUT2D eigenvalue weighted by atomic mass is 9.87. The van der Waals surface area contributed by atoms with Gasteiger partial charge in [0.15, 0.2) is 0 Å². The summed E-state index contributed by atoms with van der Waals surface area (Å²) >= 11 is 0. The van der Waals surface area contributed by atoms with Crippen molar-refractivity contribution >= 4 is 11.6 Å². The van der Waals surface area contributed by atoms with E-state index in [-0.39, 0.29) is 5.91 Å². The van der Waals surface area contributed by atoms with Gasteiger partial charge in [-0.1, -0.05) is 23.4 Å². The predicted molar refractivity (Wildman–Crippen MR) is 87.7 cm³/mol. The minimum Gasteiger partial charge on any atom is -0.385 e. The van der Waals surface area contributed by atoms with Crippen molar-refractivity contribution in [2.24, 2.45) is 0 Å². The van der Waals surface area contributed by atoms with Crippen LogP contribution in [0.25, 0.3) is 0 Å². The van der Waals surface area contributed by atoms with Gasteiger partial charge in [-0.3, -0.25) is 4.79 Å². The summed E-state index contributed by atoms with van der Waals surface area (Å²) in [4.78, 5) is 14.8. The lowest BCUT2D eigenvalue weighted by Gasteiger charge is -2.34. The van der Waals surface area contributed by atoms with Crippen LogP contribution in [-0.4, -0.2) is 41.2 Å². The molecule has 1 unspecified atom stereocenters. The van der Waals surface area contributed by atoms with Gasteiger partial charge >= 0.3 is 0 Å². The molecule has 2 aromatic rings. The van der Waals surface area contributed by atoms with Crippen molar-refractivity contribution in [3.05, 3.63) is 41.7 Å². The van der Waals surface area contributed by atoms with Gasteiger partial charge in [0.1, 0.15) is 5.69 Å². The Bertz CT molecular complexity index is 683. The number of hydrogen-bond donors (Lipinski definition) is 0. The molecule has 0 bridgehead atoms. The molecular formula is C17H22N4O2. The van der Waals surface area contributed by atoms with Crippen LogP contribution in [0.15, 0.2) is 30.5 Å². The van der Waals surface area contributed by atoms with E-state index >= 15 is 0 Å². The lowest BCUT2D eigenvalue weighted by molar-refractivity contribution is 0.0973. The summed E-state index contributed by atoms with van der Waals surface area (Å²) in [5.74, 6) is 0.402. The Balaban J connectivity index is 1.91. The zero-order valence-corrected chi connectivity index (χ0v) is 13.6. The maximum atomic E-state index is 12.9. The number of nitrogens with zero attached hydrogens (tertiary/aromatic N) is 4. The second-order valence-corrected chi connectivity index (χ2v) is 5.72. The van der Waals surface area contributed by atoms with Crippen LogP contribution in [0.3, 0.4) is 0 Å². The highest BCUT2D eigenvalue weighted by Gasteiger charge is 2.30. The van der Waals surface area contributed by atoms with Crippen molar-refractivity contribution < 1.29 is 9.53 Å². The lowest BCUT2D eigenvalue weighted by Crippen LogP contribution is -2.38. The molecule has 0 aliphatic carbocycles. The average Bonchev–Trinajstić information content (AvgIpc) is 3.07. The molecule has 0 spiro atoms. The maximum absolute atomic E-state index is 12.9. The third-order valence-corrected chi connectivity index (χ3v) is 4.42. The molecule has 122 valence electrons. The molecule has 1 atom stereocenters. The van der Waals surface area contributed by atoms with Crippen molar-refractivity contribution in [3.8, 4) is 0 Å². The van der Waals surface area contributed by atoms with Crippen LogP contribution in [0.1, 0.15) is 41.7 Å². The molecule has 1 aromatic heterocycles. The Hall–Kier alpha value is -2.21. The van der Waals surface area contributed by atoms with Gasteiger partial charge in [0.25, 0.3) is 5.91 Å². The predicted octanol–water partition coefficient (Wildman–Crippen LogP) is 2.47.